The van der Waals surface area contributed by atoms with E-state index < -0.39 is 17.6 Å². The van der Waals surface area contributed by atoms with Crippen LogP contribution in [-0.4, -0.2) is 52.5 Å². The zero-order chi connectivity index (χ0) is 23.3. The van der Waals surface area contributed by atoms with Crippen LogP contribution in [0.5, 0.6) is 5.88 Å². The van der Waals surface area contributed by atoms with E-state index in [1.165, 1.54) is 25.4 Å². The van der Waals surface area contributed by atoms with Gasteiger partial charge in [0.1, 0.15) is 17.7 Å². The molecule has 2 aliphatic heterocycles. The molecule has 0 aromatic carbocycles. The Bertz CT molecular complexity index is 948. The van der Waals surface area contributed by atoms with Crippen molar-refractivity contribution in [1.29, 1.82) is 0 Å². The smallest absolute Gasteiger partial charge is 0.421 e. The standard InChI is InChI=1S/C14H14F3N5O.C7H13NO/c1-23-13-10(14(15,16)17)4-8(5-19-13)22-3-2-11-9(6-22)12(18)21-7-20-11;1-2-7(9)8-5-3-4-6-8/h4-5,7H,2-3,6H2,1H3,(H2,18,20,21);2-6H2,1H3. The van der Waals surface area contributed by atoms with Crippen molar-refractivity contribution in [2.45, 2.75) is 45.3 Å². The molecule has 0 unspecified atom stereocenters. The fourth-order valence-electron chi connectivity index (χ4n) is 3.75. The van der Waals surface area contributed by atoms with Crippen LogP contribution in [-0.2, 0) is 23.9 Å². The number of fused-ring (bicyclic) bond motifs is 1. The van der Waals surface area contributed by atoms with Crippen LogP contribution in [0.25, 0.3) is 0 Å². The highest BCUT2D eigenvalue weighted by Crippen LogP contribution is 2.37. The number of hydrogen-bond acceptors (Lipinski definition) is 7. The predicted molar refractivity (Wildman–Crippen MR) is 113 cm³/mol. The summed E-state index contributed by atoms with van der Waals surface area (Å²) in [7, 11) is 1.16. The van der Waals surface area contributed by atoms with E-state index in [0.29, 0.717) is 43.3 Å². The molecule has 1 amide bonds. The van der Waals surface area contributed by atoms with E-state index in [2.05, 4.69) is 15.0 Å². The van der Waals surface area contributed by atoms with E-state index in [4.69, 9.17) is 10.5 Å². The van der Waals surface area contributed by atoms with Gasteiger partial charge in [-0.15, -0.1) is 0 Å². The van der Waals surface area contributed by atoms with Gasteiger partial charge < -0.3 is 20.3 Å². The summed E-state index contributed by atoms with van der Waals surface area (Å²) >= 11 is 0. The third-order valence-electron chi connectivity index (χ3n) is 5.50. The molecule has 0 radical (unpaired) electrons. The van der Waals surface area contributed by atoms with Crippen LogP contribution < -0.4 is 15.4 Å². The number of anilines is 2. The van der Waals surface area contributed by atoms with Crippen molar-refractivity contribution in [2.24, 2.45) is 0 Å². The first-order valence-corrected chi connectivity index (χ1v) is 10.5. The summed E-state index contributed by atoms with van der Waals surface area (Å²) in [4.78, 5) is 26.5. The van der Waals surface area contributed by atoms with E-state index >= 15 is 0 Å². The van der Waals surface area contributed by atoms with Crippen LogP contribution >= 0.6 is 0 Å². The maximum Gasteiger partial charge on any atom is 0.421 e. The van der Waals surface area contributed by atoms with Crippen LogP contribution in [0.2, 0.25) is 0 Å². The molecule has 2 N–H and O–H groups in total. The SMILES string of the molecule is CCC(=O)N1CCCC1.COc1ncc(N2CCc3ncnc(N)c3C2)cc1C(F)(F)F. The number of hydrogen-bond donors (Lipinski definition) is 1. The number of nitrogen functional groups attached to an aromatic ring is 1. The Hall–Kier alpha value is -3.11. The average Bonchev–Trinajstić information content (AvgIpc) is 3.33. The second-order valence-electron chi connectivity index (χ2n) is 7.55. The third kappa shape index (κ3) is 5.38. The molecule has 1 fully saturated rings. The number of nitrogens with two attached hydrogens (primary N) is 1. The lowest BCUT2D eigenvalue weighted by Gasteiger charge is -2.30. The summed E-state index contributed by atoms with van der Waals surface area (Å²) in [6.07, 6.45) is 1.86. The lowest BCUT2D eigenvalue weighted by molar-refractivity contribution is -0.139. The van der Waals surface area contributed by atoms with E-state index in [1.807, 2.05) is 11.8 Å². The molecule has 32 heavy (non-hydrogen) atoms. The zero-order valence-corrected chi connectivity index (χ0v) is 18.2. The number of carbonyl (C=O) groups excluding carboxylic acids is 1. The molecule has 0 aliphatic carbocycles. The van der Waals surface area contributed by atoms with Gasteiger partial charge in [0, 0.05) is 44.6 Å². The van der Waals surface area contributed by atoms with Gasteiger partial charge in [0.25, 0.3) is 0 Å². The molecule has 2 aliphatic rings. The number of aromatic nitrogens is 3. The normalized spacial score (nSPS) is 15.7. The van der Waals surface area contributed by atoms with Crippen molar-refractivity contribution >= 4 is 17.4 Å². The van der Waals surface area contributed by atoms with Crippen molar-refractivity contribution in [1.82, 2.24) is 19.9 Å². The Labute approximate surface area is 184 Å². The molecule has 1 saturated heterocycles. The van der Waals surface area contributed by atoms with Gasteiger partial charge in [-0.05, 0) is 18.9 Å². The van der Waals surface area contributed by atoms with Crippen molar-refractivity contribution in [3.05, 3.63) is 35.4 Å². The van der Waals surface area contributed by atoms with Crippen molar-refractivity contribution < 1.29 is 22.7 Å². The molecule has 0 bridgehead atoms. The molecule has 8 nitrogen and oxygen atoms in total. The number of alkyl halides is 3. The van der Waals surface area contributed by atoms with Gasteiger partial charge in [0.05, 0.1) is 24.7 Å². The number of ether oxygens (including phenoxy) is 1. The number of likely N-dealkylation sites (tertiary alicyclic amines) is 1. The number of rotatable bonds is 3. The predicted octanol–water partition coefficient (Wildman–Crippen LogP) is 3.06. The molecule has 0 spiro atoms. The molecule has 4 heterocycles. The van der Waals surface area contributed by atoms with Crippen molar-refractivity contribution in [3.63, 3.8) is 0 Å². The van der Waals surface area contributed by atoms with Gasteiger partial charge in [0.15, 0.2) is 0 Å². The van der Waals surface area contributed by atoms with Crippen LogP contribution in [0.3, 0.4) is 0 Å². The Morgan fingerprint density at radius 1 is 1.19 bits per heavy atom. The largest absolute Gasteiger partial charge is 0.481 e. The number of carbonyl (C=O) groups is 1. The highest BCUT2D eigenvalue weighted by atomic mass is 19.4. The third-order valence-corrected chi connectivity index (χ3v) is 5.50. The van der Waals surface area contributed by atoms with Gasteiger partial charge in [-0.1, -0.05) is 6.92 Å². The maximum absolute atomic E-state index is 13.1. The number of nitrogens with zero attached hydrogens (tertiary/aromatic N) is 5. The highest BCUT2D eigenvalue weighted by molar-refractivity contribution is 5.75. The molecular weight excluding hydrogens is 425 g/mol. The number of halogens is 3. The van der Waals surface area contributed by atoms with Crippen LogP contribution in [0, 0.1) is 0 Å². The molecule has 0 saturated carbocycles. The van der Waals surface area contributed by atoms with Crippen molar-refractivity contribution in [2.75, 3.05) is 37.4 Å². The first kappa shape index (κ1) is 23.6. The highest BCUT2D eigenvalue weighted by Gasteiger charge is 2.36. The zero-order valence-electron chi connectivity index (χ0n) is 18.2. The summed E-state index contributed by atoms with van der Waals surface area (Å²) in [5.74, 6) is 0.214. The van der Waals surface area contributed by atoms with E-state index in [1.54, 1.807) is 4.90 Å². The number of methoxy groups -OCH3 is 1. The molecule has 0 atom stereocenters. The summed E-state index contributed by atoms with van der Waals surface area (Å²) in [5, 5.41) is 0. The maximum atomic E-state index is 13.1. The monoisotopic (exact) mass is 452 g/mol. The Morgan fingerprint density at radius 2 is 1.91 bits per heavy atom. The molecule has 174 valence electrons. The lowest BCUT2D eigenvalue weighted by Crippen LogP contribution is -2.32. The second kappa shape index (κ2) is 10.0. The molecule has 4 rings (SSSR count). The average molecular weight is 452 g/mol. The van der Waals surface area contributed by atoms with Gasteiger partial charge in [0.2, 0.25) is 11.8 Å². The molecule has 2 aromatic heterocycles. The summed E-state index contributed by atoms with van der Waals surface area (Å²) < 4.78 is 44.0. The molecule has 11 heteroatoms. The quantitative estimate of drug-likeness (QED) is 0.764. The van der Waals surface area contributed by atoms with E-state index in [9.17, 15) is 18.0 Å². The first-order chi connectivity index (χ1) is 15.2. The Balaban J connectivity index is 0.000000269. The minimum atomic E-state index is -4.54. The summed E-state index contributed by atoms with van der Waals surface area (Å²) in [6, 6.07) is 1.04. The lowest BCUT2D eigenvalue weighted by atomic mass is 10.1. The Morgan fingerprint density at radius 3 is 2.53 bits per heavy atom. The minimum absolute atomic E-state index is 0.313. The minimum Gasteiger partial charge on any atom is -0.481 e. The molecule has 2 aromatic rings. The van der Waals surface area contributed by atoms with Gasteiger partial charge in [-0.2, -0.15) is 13.2 Å². The van der Waals surface area contributed by atoms with Crippen molar-refractivity contribution in [3.8, 4) is 5.88 Å². The Kier molecular flexibility index (Phi) is 7.37. The topological polar surface area (TPSA) is 97.5 Å². The fourth-order valence-corrected chi connectivity index (χ4v) is 3.75. The molecular formula is C21H27F3N6O2. The van der Waals surface area contributed by atoms with Crippen LogP contribution in [0.1, 0.15) is 43.0 Å². The van der Waals surface area contributed by atoms with E-state index in [0.717, 1.165) is 37.5 Å². The fraction of sp³-hybridized carbons (Fsp3) is 0.524. The van der Waals surface area contributed by atoms with Gasteiger partial charge >= 0.3 is 6.18 Å². The summed E-state index contributed by atoms with van der Waals surface area (Å²) in [6.45, 7) is 4.77. The number of amides is 1. The van der Waals surface area contributed by atoms with Crippen LogP contribution in [0.4, 0.5) is 24.7 Å². The van der Waals surface area contributed by atoms with Gasteiger partial charge in [-0.25, -0.2) is 15.0 Å². The van der Waals surface area contributed by atoms with Gasteiger partial charge in [-0.3, -0.25) is 4.79 Å². The van der Waals surface area contributed by atoms with E-state index in [-0.39, 0.29) is 0 Å². The number of pyridine rings is 1. The first-order valence-electron chi connectivity index (χ1n) is 10.5. The van der Waals surface area contributed by atoms with Crippen LogP contribution in [0.15, 0.2) is 18.6 Å². The summed E-state index contributed by atoms with van der Waals surface area (Å²) in [5.41, 5.74) is 6.85. The second-order valence-corrected chi connectivity index (χ2v) is 7.55.